The van der Waals surface area contributed by atoms with Crippen molar-refractivity contribution in [1.29, 1.82) is 0 Å². The molecule has 1 unspecified atom stereocenters. The maximum atomic E-state index is 5.93. The van der Waals surface area contributed by atoms with Crippen molar-refractivity contribution in [3.63, 3.8) is 0 Å². The molecule has 0 amide bonds. The first kappa shape index (κ1) is 10.4. The van der Waals surface area contributed by atoms with Crippen LogP contribution in [0.1, 0.15) is 38.5 Å². The van der Waals surface area contributed by atoms with Gasteiger partial charge in [0.15, 0.2) is 0 Å². The Labute approximate surface area is 98.0 Å². The lowest BCUT2D eigenvalue weighted by atomic mass is 9.94. The molecule has 0 aromatic heterocycles. The molecule has 1 aliphatic carbocycles. The van der Waals surface area contributed by atoms with Crippen molar-refractivity contribution in [2.24, 2.45) is 0 Å². The molecule has 2 heteroatoms. The van der Waals surface area contributed by atoms with Crippen LogP contribution in [0.2, 0.25) is 0 Å². The second-order valence-electron chi connectivity index (χ2n) is 5.16. The van der Waals surface area contributed by atoms with Gasteiger partial charge in [-0.1, -0.05) is 18.6 Å². The zero-order valence-corrected chi connectivity index (χ0v) is 9.95. The zero-order valence-electron chi connectivity index (χ0n) is 9.95. The second kappa shape index (κ2) is 4.62. The Hall–Kier alpha value is -0.760. The van der Waals surface area contributed by atoms with Crippen molar-refractivity contribution in [2.45, 2.75) is 44.6 Å². The monoisotopic (exact) mass is 219 g/mol. The molecule has 0 aromatic carbocycles. The third kappa shape index (κ3) is 2.03. The van der Waals surface area contributed by atoms with E-state index >= 15 is 0 Å². The summed E-state index contributed by atoms with van der Waals surface area (Å²) in [6.45, 7) is 3.48. The molecule has 0 radical (unpaired) electrons. The molecule has 2 aliphatic heterocycles. The number of likely N-dealkylation sites (tertiary alicyclic amines) is 1. The first-order valence-corrected chi connectivity index (χ1v) is 6.69. The number of hydrogen-bond acceptors (Lipinski definition) is 2. The van der Waals surface area contributed by atoms with Crippen LogP contribution in [-0.4, -0.2) is 30.6 Å². The van der Waals surface area contributed by atoms with Gasteiger partial charge in [0, 0.05) is 12.5 Å². The van der Waals surface area contributed by atoms with Crippen LogP contribution in [0.3, 0.4) is 0 Å². The van der Waals surface area contributed by atoms with Gasteiger partial charge in [-0.05, 0) is 44.3 Å². The predicted molar refractivity (Wildman–Crippen MR) is 65.2 cm³/mol. The van der Waals surface area contributed by atoms with E-state index in [1.807, 2.05) is 0 Å². The fourth-order valence-corrected chi connectivity index (χ4v) is 3.07. The Morgan fingerprint density at radius 3 is 2.94 bits per heavy atom. The van der Waals surface area contributed by atoms with Crippen LogP contribution < -0.4 is 0 Å². The molecule has 0 N–H and O–H groups in total. The summed E-state index contributed by atoms with van der Waals surface area (Å²) in [7, 11) is 0. The SMILES string of the molecule is C1=CC2=C(CC1)OCC(N1CCCCC1)C2. The summed E-state index contributed by atoms with van der Waals surface area (Å²) in [5, 5.41) is 0. The summed E-state index contributed by atoms with van der Waals surface area (Å²) in [4.78, 5) is 2.63. The molecule has 1 saturated heterocycles. The minimum absolute atomic E-state index is 0.641. The molecule has 2 heterocycles. The van der Waals surface area contributed by atoms with Gasteiger partial charge in [-0.2, -0.15) is 0 Å². The summed E-state index contributed by atoms with van der Waals surface area (Å²) in [6.07, 6.45) is 12.2. The molecule has 3 rings (SSSR count). The van der Waals surface area contributed by atoms with Gasteiger partial charge in [-0.15, -0.1) is 0 Å². The number of hydrogen-bond donors (Lipinski definition) is 0. The molecule has 1 atom stereocenters. The zero-order chi connectivity index (χ0) is 10.8. The van der Waals surface area contributed by atoms with E-state index in [4.69, 9.17) is 4.74 Å². The number of ether oxygens (including phenoxy) is 1. The van der Waals surface area contributed by atoms with Gasteiger partial charge < -0.3 is 4.74 Å². The van der Waals surface area contributed by atoms with E-state index in [1.54, 1.807) is 0 Å². The maximum absolute atomic E-state index is 5.93. The summed E-state index contributed by atoms with van der Waals surface area (Å²) < 4.78 is 5.93. The third-order valence-electron chi connectivity index (χ3n) is 4.03. The molecule has 88 valence electrons. The van der Waals surface area contributed by atoms with Crippen LogP contribution in [0.25, 0.3) is 0 Å². The summed E-state index contributed by atoms with van der Waals surface area (Å²) in [5.41, 5.74) is 1.47. The van der Waals surface area contributed by atoms with Crippen molar-refractivity contribution in [1.82, 2.24) is 4.90 Å². The molecule has 0 spiro atoms. The molecule has 0 bridgehead atoms. The summed E-state index contributed by atoms with van der Waals surface area (Å²) in [5.74, 6) is 1.27. The maximum Gasteiger partial charge on any atom is 0.104 e. The highest BCUT2D eigenvalue weighted by molar-refractivity contribution is 5.28. The first-order valence-electron chi connectivity index (χ1n) is 6.69. The van der Waals surface area contributed by atoms with Gasteiger partial charge in [-0.25, -0.2) is 0 Å². The molecule has 16 heavy (non-hydrogen) atoms. The molecule has 0 aromatic rings. The van der Waals surface area contributed by atoms with E-state index in [1.165, 1.54) is 50.1 Å². The van der Waals surface area contributed by atoms with E-state index in [9.17, 15) is 0 Å². The van der Waals surface area contributed by atoms with Gasteiger partial charge in [0.2, 0.25) is 0 Å². The molecule has 3 aliphatic rings. The number of piperidine rings is 1. The van der Waals surface area contributed by atoms with Crippen LogP contribution in [-0.2, 0) is 4.74 Å². The average Bonchev–Trinajstić information content (AvgIpc) is 2.39. The van der Waals surface area contributed by atoms with E-state index in [-0.39, 0.29) is 0 Å². The minimum Gasteiger partial charge on any atom is -0.496 e. The minimum atomic E-state index is 0.641. The van der Waals surface area contributed by atoms with Crippen LogP contribution in [0.5, 0.6) is 0 Å². The van der Waals surface area contributed by atoms with Crippen molar-refractivity contribution in [2.75, 3.05) is 19.7 Å². The molecular weight excluding hydrogens is 198 g/mol. The van der Waals surface area contributed by atoms with Crippen LogP contribution >= 0.6 is 0 Å². The van der Waals surface area contributed by atoms with Gasteiger partial charge in [0.05, 0.1) is 5.76 Å². The van der Waals surface area contributed by atoms with Crippen molar-refractivity contribution >= 4 is 0 Å². The predicted octanol–water partition coefficient (Wildman–Crippen LogP) is 2.87. The molecule has 0 saturated carbocycles. The molecule has 2 nitrogen and oxygen atoms in total. The van der Waals surface area contributed by atoms with Crippen molar-refractivity contribution in [3.05, 3.63) is 23.5 Å². The van der Waals surface area contributed by atoms with Crippen LogP contribution in [0, 0.1) is 0 Å². The summed E-state index contributed by atoms with van der Waals surface area (Å²) >= 11 is 0. The third-order valence-corrected chi connectivity index (χ3v) is 4.03. The van der Waals surface area contributed by atoms with E-state index < -0.39 is 0 Å². The summed E-state index contributed by atoms with van der Waals surface area (Å²) in [6, 6.07) is 0.641. The van der Waals surface area contributed by atoms with Crippen molar-refractivity contribution < 1.29 is 4.74 Å². The fourth-order valence-electron chi connectivity index (χ4n) is 3.07. The molecular formula is C14H21NO. The Morgan fingerprint density at radius 2 is 2.06 bits per heavy atom. The number of rotatable bonds is 1. The normalized spacial score (nSPS) is 31.1. The van der Waals surface area contributed by atoms with E-state index in [0.29, 0.717) is 6.04 Å². The molecule has 1 fully saturated rings. The lowest BCUT2D eigenvalue weighted by Crippen LogP contribution is -2.43. The van der Waals surface area contributed by atoms with Crippen molar-refractivity contribution in [3.8, 4) is 0 Å². The Kier molecular flexibility index (Phi) is 3.00. The average molecular weight is 219 g/mol. The first-order chi connectivity index (χ1) is 7.93. The van der Waals surface area contributed by atoms with Gasteiger partial charge in [0.1, 0.15) is 6.61 Å². The van der Waals surface area contributed by atoms with Crippen LogP contribution in [0.4, 0.5) is 0 Å². The Bertz CT molecular complexity index is 313. The fraction of sp³-hybridized carbons (Fsp3) is 0.714. The number of allylic oxidation sites excluding steroid dienone is 3. The topological polar surface area (TPSA) is 12.5 Å². The smallest absolute Gasteiger partial charge is 0.104 e. The lowest BCUT2D eigenvalue weighted by molar-refractivity contribution is 0.0640. The van der Waals surface area contributed by atoms with E-state index in [2.05, 4.69) is 17.1 Å². The highest BCUT2D eigenvalue weighted by Gasteiger charge is 2.27. The largest absolute Gasteiger partial charge is 0.496 e. The number of nitrogens with zero attached hydrogens (tertiary/aromatic N) is 1. The van der Waals surface area contributed by atoms with Gasteiger partial charge in [-0.3, -0.25) is 4.90 Å². The van der Waals surface area contributed by atoms with Gasteiger partial charge in [0.25, 0.3) is 0 Å². The Balaban J connectivity index is 1.67. The van der Waals surface area contributed by atoms with E-state index in [0.717, 1.165) is 19.4 Å². The standard InChI is InChI=1S/C14H21NO/c1-4-8-15(9-5-1)13-10-12-6-2-3-7-14(12)16-11-13/h2,6,13H,1,3-5,7-11H2. The highest BCUT2D eigenvalue weighted by Crippen LogP contribution is 2.30. The highest BCUT2D eigenvalue weighted by atomic mass is 16.5. The van der Waals surface area contributed by atoms with Gasteiger partial charge >= 0.3 is 0 Å². The second-order valence-corrected chi connectivity index (χ2v) is 5.16. The quantitative estimate of drug-likeness (QED) is 0.672. The lowest BCUT2D eigenvalue weighted by Gasteiger charge is -2.38. The van der Waals surface area contributed by atoms with Crippen LogP contribution in [0.15, 0.2) is 23.5 Å². The Morgan fingerprint density at radius 1 is 1.19 bits per heavy atom.